The third kappa shape index (κ3) is 3.59. The van der Waals surface area contributed by atoms with Crippen LogP contribution in [-0.2, 0) is 0 Å². The van der Waals surface area contributed by atoms with Gasteiger partial charge in [-0.05, 0) is 18.2 Å². The summed E-state index contributed by atoms with van der Waals surface area (Å²) in [5.74, 6) is -0.631. The van der Waals surface area contributed by atoms with E-state index in [1.165, 1.54) is 51.7 Å². The lowest BCUT2D eigenvalue weighted by Gasteiger charge is -2.15. The molecule has 0 unspecified atom stereocenters. The van der Waals surface area contributed by atoms with Crippen LogP contribution in [0.1, 0.15) is 15.9 Å². The Morgan fingerprint density at radius 2 is 1.77 bits per heavy atom. The Kier molecular flexibility index (Phi) is 5.79. The minimum absolute atomic E-state index is 0.00145. The molecular weight excluding hydrogens is 342 g/mol. The minimum atomic E-state index is -0.613. The van der Waals surface area contributed by atoms with E-state index >= 15 is 0 Å². The number of para-hydroxylation sites is 1. The van der Waals surface area contributed by atoms with Crippen molar-refractivity contribution in [2.75, 3.05) is 21.3 Å². The average Bonchev–Trinajstić information content (AvgIpc) is 2.64. The van der Waals surface area contributed by atoms with Crippen molar-refractivity contribution < 1.29 is 29.0 Å². The first kappa shape index (κ1) is 18.8. The molecule has 2 aromatic carbocycles. The third-order valence-corrected chi connectivity index (χ3v) is 3.60. The molecule has 0 atom stereocenters. The number of carbonyl (C=O) groups excluding carboxylic acids is 1. The van der Waals surface area contributed by atoms with Crippen molar-refractivity contribution in [2.45, 2.75) is 0 Å². The third-order valence-electron chi connectivity index (χ3n) is 3.60. The lowest BCUT2D eigenvalue weighted by molar-refractivity contribution is -0.385. The zero-order valence-electron chi connectivity index (χ0n) is 14.4. The fourth-order valence-corrected chi connectivity index (χ4v) is 2.42. The molecule has 8 nitrogen and oxygen atoms in total. The highest BCUT2D eigenvalue weighted by Gasteiger charge is 2.24. The number of nitro groups is 1. The van der Waals surface area contributed by atoms with Crippen molar-refractivity contribution in [2.24, 2.45) is 0 Å². The number of phenolic OH excluding ortho intramolecular Hbond substituents is 1. The lowest BCUT2D eigenvalue weighted by Crippen LogP contribution is -2.03. The summed E-state index contributed by atoms with van der Waals surface area (Å²) in [4.78, 5) is 23.1. The predicted octanol–water partition coefficient (Wildman–Crippen LogP) is 3.22. The van der Waals surface area contributed by atoms with E-state index in [0.717, 1.165) is 6.08 Å². The SMILES string of the molecule is COc1cc(O)c(C(=O)/C=C/c2ccccc2[N+](=O)[O-])c(OC)c1OC. The molecule has 26 heavy (non-hydrogen) atoms. The summed E-state index contributed by atoms with van der Waals surface area (Å²) in [7, 11) is 4.07. The van der Waals surface area contributed by atoms with Crippen LogP contribution in [0.5, 0.6) is 23.0 Å². The number of ketones is 1. The smallest absolute Gasteiger partial charge is 0.276 e. The number of hydrogen-bond acceptors (Lipinski definition) is 7. The van der Waals surface area contributed by atoms with Crippen molar-refractivity contribution in [3.05, 3.63) is 57.6 Å². The molecule has 0 aliphatic rings. The highest BCUT2D eigenvalue weighted by molar-refractivity contribution is 6.11. The molecule has 0 saturated heterocycles. The van der Waals surface area contributed by atoms with E-state index in [1.807, 2.05) is 0 Å². The zero-order chi connectivity index (χ0) is 19.3. The van der Waals surface area contributed by atoms with Crippen molar-refractivity contribution in [3.8, 4) is 23.0 Å². The summed E-state index contributed by atoms with van der Waals surface area (Å²) >= 11 is 0. The van der Waals surface area contributed by atoms with Gasteiger partial charge in [-0.1, -0.05) is 12.1 Å². The van der Waals surface area contributed by atoms with E-state index in [-0.39, 0.29) is 39.8 Å². The first-order valence-electron chi connectivity index (χ1n) is 7.42. The Morgan fingerprint density at radius 3 is 2.35 bits per heavy atom. The second-order valence-corrected chi connectivity index (χ2v) is 5.05. The summed E-state index contributed by atoms with van der Waals surface area (Å²) in [6.07, 6.45) is 2.42. The maximum atomic E-state index is 12.6. The molecule has 0 aliphatic carbocycles. The second kappa shape index (κ2) is 8.02. The highest BCUT2D eigenvalue weighted by Crippen LogP contribution is 2.45. The van der Waals surface area contributed by atoms with Crippen molar-refractivity contribution in [1.82, 2.24) is 0 Å². The van der Waals surface area contributed by atoms with Gasteiger partial charge in [0.2, 0.25) is 5.75 Å². The predicted molar refractivity (Wildman–Crippen MR) is 94.2 cm³/mol. The van der Waals surface area contributed by atoms with Gasteiger partial charge in [-0.25, -0.2) is 0 Å². The Balaban J connectivity index is 2.50. The second-order valence-electron chi connectivity index (χ2n) is 5.05. The monoisotopic (exact) mass is 359 g/mol. The summed E-state index contributed by atoms with van der Waals surface area (Å²) in [6, 6.07) is 7.21. The molecular formula is C18H17NO7. The van der Waals surface area contributed by atoms with Crippen molar-refractivity contribution in [3.63, 3.8) is 0 Å². The van der Waals surface area contributed by atoms with Crippen LogP contribution in [0.3, 0.4) is 0 Å². The maximum absolute atomic E-state index is 12.6. The minimum Gasteiger partial charge on any atom is -0.507 e. The number of benzene rings is 2. The van der Waals surface area contributed by atoms with Gasteiger partial charge in [0.1, 0.15) is 11.3 Å². The number of phenols is 1. The number of allylic oxidation sites excluding steroid dienone is 1. The topological polar surface area (TPSA) is 108 Å². The molecule has 0 amide bonds. The molecule has 0 bridgehead atoms. The fourth-order valence-electron chi connectivity index (χ4n) is 2.42. The van der Waals surface area contributed by atoms with Gasteiger partial charge < -0.3 is 19.3 Å². The number of hydrogen-bond donors (Lipinski definition) is 1. The fraction of sp³-hybridized carbons (Fsp3) is 0.167. The summed E-state index contributed by atoms with van der Waals surface area (Å²) in [5.41, 5.74) is -0.0233. The molecule has 0 aromatic heterocycles. The largest absolute Gasteiger partial charge is 0.507 e. The van der Waals surface area contributed by atoms with Crippen LogP contribution in [0.2, 0.25) is 0 Å². The summed E-state index contributed by atoms with van der Waals surface area (Å²) in [5, 5.41) is 21.2. The normalized spacial score (nSPS) is 10.6. The van der Waals surface area contributed by atoms with Crippen molar-refractivity contribution in [1.29, 1.82) is 0 Å². The first-order chi connectivity index (χ1) is 12.4. The molecule has 0 spiro atoms. The quantitative estimate of drug-likeness (QED) is 0.350. The number of rotatable bonds is 7. The van der Waals surface area contributed by atoms with Crippen LogP contribution in [-0.4, -0.2) is 37.1 Å². The molecule has 1 N–H and O–H groups in total. The Labute approximate surface area is 149 Å². The standard InChI is InChI=1S/C18H17NO7/c1-24-15-10-14(21)16(18(26-3)17(15)25-2)13(20)9-8-11-6-4-5-7-12(11)19(22)23/h4-10,21H,1-3H3/b9-8+. The Hall–Kier alpha value is -3.55. The molecule has 2 rings (SSSR count). The van der Waals surface area contributed by atoms with Gasteiger partial charge in [0.25, 0.3) is 5.69 Å². The molecule has 0 heterocycles. The van der Waals surface area contributed by atoms with Crippen LogP contribution in [0.15, 0.2) is 36.4 Å². The van der Waals surface area contributed by atoms with Crippen LogP contribution in [0.25, 0.3) is 6.08 Å². The van der Waals surface area contributed by atoms with Gasteiger partial charge in [0.05, 0.1) is 31.8 Å². The molecule has 0 aliphatic heterocycles. The molecule has 136 valence electrons. The number of nitro benzene ring substituents is 1. The van der Waals surface area contributed by atoms with Crippen molar-refractivity contribution >= 4 is 17.5 Å². The van der Waals surface area contributed by atoms with E-state index in [4.69, 9.17) is 14.2 Å². The van der Waals surface area contributed by atoms with Crippen LogP contribution >= 0.6 is 0 Å². The van der Waals surface area contributed by atoms with Gasteiger partial charge in [0, 0.05) is 12.1 Å². The molecule has 0 saturated carbocycles. The molecule has 8 heteroatoms. The summed E-state index contributed by atoms with van der Waals surface area (Å²) < 4.78 is 15.5. The number of nitrogens with zero attached hydrogens (tertiary/aromatic N) is 1. The van der Waals surface area contributed by atoms with Gasteiger partial charge in [-0.3, -0.25) is 14.9 Å². The average molecular weight is 359 g/mol. The number of carbonyl (C=O) groups is 1. The van der Waals surface area contributed by atoms with Crippen LogP contribution in [0, 0.1) is 10.1 Å². The first-order valence-corrected chi connectivity index (χ1v) is 7.42. The number of methoxy groups -OCH3 is 3. The van der Waals surface area contributed by atoms with Crippen LogP contribution < -0.4 is 14.2 Å². The Morgan fingerprint density at radius 1 is 1.12 bits per heavy atom. The van der Waals surface area contributed by atoms with E-state index in [9.17, 15) is 20.0 Å². The highest BCUT2D eigenvalue weighted by atomic mass is 16.6. The Bertz CT molecular complexity index is 874. The summed E-state index contributed by atoms with van der Waals surface area (Å²) in [6.45, 7) is 0. The van der Waals surface area contributed by atoms with E-state index in [1.54, 1.807) is 6.07 Å². The number of ether oxygens (including phenoxy) is 3. The zero-order valence-corrected chi connectivity index (χ0v) is 14.4. The molecule has 0 radical (unpaired) electrons. The van der Waals surface area contributed by atoms with E-state index < -0.39 is 10.7 Å². The van der Waals surface area contributed by atoms with Gasteiger partial charge in [-0.15, -0.1) is 0 Å². The molecule has 2 aromatic rings. The van der Waals surface area contributed by atoms with Gasteiger partial charge in [0.15, 0.2) is 17.3 Å². The van der Waals surface area contributed by atoms with Crippen LogP contribution in [0.4, 0.5) is 5.69 Å². The van der Waals surface area contributed by atoms with E-state index in [0.29, 0.717) is 0 Å². The van der Waals surface area contributed by atoms with Gasteiger partial charge >= 0.3 is 0 Å². The molecule has 0 fully saturated rings. The lowest BCUT2D eigenvalue weighted by atomic mass is 10.0. The maximum Gasteiger partial charge on any atom is 0.276 e. The van der Waals surface area contributed by atoms with Gasteiger partial charge in [-0.2, -0.15) is 0 Å². The number of aromatic hydroxyl groups is 1. The van der Waals surface area contributed by atoms with E-state index in [2.05, 4.69) is 0 Å².